The fraction of sp³-hybridized carbons (Fsp3) is 0.600. The van der Waals surface area contributed by atoms with E-state index in [1.807, 2.05) is 31.2 Å². The molecule has 1 heterocycles. The lowest BCUT2D eigenvalue weighted by Crippen LogP contribution is -2.54. The molecule has 2 aliphatic rings. The number of carbonyl (C=O) groups is 1. The Bertz CT molecular complexity index is 693. The molecule has 1 saturated heterocycles. The highest BCUT2D eigenvalue weighted by molar-refractivity contribution is 14.0. The quantitative estimate of drug-likeness (QED) is 0.318. The Hall–Kier alpha value is -1.26. The van der Waals surface area contributed by atoms with E-state index in [-0.39, 0.29) is 36.0 Å². The van der Waals surface area contributed by atoms with Crippen molar-refractivity contribution in [2.75, 3.05) is 46.3 Å². The maximum absolute atomic E-state index is 12.0. The second kappa shape index (κ2) is 11.8. The van der Waals surface area contributed by atoms with E-state index in [4.69, 9.17) is 16.3 Å². The number of aliphatic imine (C=N–C) groups is 1. The number of ether oxygens (including phenoxy) is 1. The number of carbonyl (C=O) groups excluding carboxylic acids is 1. The molecule has 7 nitrogen and oxygen atoms in total. The van der Waals surface area contributed by atoms with Gasteiger partial charge in [-0.2, -0.15) is 0 Å². The van der Waals surface area contributed by atoms with Crippen molar-refractivity contribution >= 4 is 47.4 Å². The molecule has 1 unspecified atom stereocenters. The number of hydrogen-bond acceptors (Lipinski definition) is 4. The third-order valence-corrected chi connectivity index (χ3v) is 5.22. The molecule has 0 radical (unpaired) electrons. The lowest BCUT2D eigenvalue weighted by atomic mass is 10.3. The number of piperazine rings is 1. The van der Waals surface area contributed by atoms with Crippen LogP contribution >= 0.6 is 35.6 Å². The highest BCUT2D eigenvalue weighted by atomic mass is 127. The summed E-state index contributed by atoms with van der Waals surface area (Å²) in [6.45, 7) is 6.50. The molecule has 0 aromatic heterocycles. The molecule has 1 aliphatic carbocycles. The van der Waals surface area contributed by atoms with Crippen LogP contribution in [0.15, 0.2) is 29.3 Å². The summed E-state index contributed by atoms with van der Waals surface area (Å²) in [7, 11) is 1.79. The molecule has 1 amide bonds. The average Bonchev–Trinajstić information content (AvgIpc) is 3.49. The average molecular weight is 536 g/mol. The van der Waals surface area contributed by atoms with Gasteiger partial charge in [0.25, 0.3) is 0 Å². The van der Waals surface area contributed by atoms with E-state index in [2.05, 4.69) is 25.4 Å². The summed E-state index contributed by atoms with van der Waals surface area (Å²) in [5.41, 5.74) is 0. The number of halogens is 2. The molecule has 1 aromatic carbocycles. The summed E-state index contributed by atoms with van der Waals surface area (Å²) >= 11 is 6.15. The summed E-state index contributed by atoms with van der Waals surface area (Å²) in [6.07, 6.45) is 2.20. The van der Waals surface area contributed by atoms with Crippen molar-refractivity contribution in [1.82, 2.24) is 20.4 Å². The van der Waals surface area contributed by atoms with E-state index in [9.17, 15) is 4.79 Å². The van der Waals surface area contributed by atoms with Gasteiger partial charge in [-0.25, -0.2) is 0 Å². The Morgan fingerprint density at radius 1 is 1.28 bits per heavy atom. The molecule has 2 fully saturated rings. The normalized spacial score (nSPS) is 18.6. The largest absolute Gasteiger partial charge is 0.487 e. The molecule has 0 spiro atoms. The third kappa shape index (κ3) is 7.82. The van der Waals surface area contributed by atoms with E-state index in [0.29, 0.717) is 29.9 Å². The minimum Gasteiger partial charge on any atom is -0.487 e. The maximum Gasteiger partial charge on any atom is 0.234 e. The van der Waals surface area contributed by atoms with Gasteiger partial charge in [-0.15, -0.1) is 24.0 Å². The molecular weight excluding hydrogens is 505 g/mol. The zero-order valence-corrected chi connectivity index (χ0v) is 20.2. The molecule has 0 bridgehead atoms. The maximum atomic E-state index is 12.0. The van der Waals surface area contributed by atoms with E-state index < -0.39 is 0 Å². The summed E-state index contributed by atoms with van der Waals surface area (Å²) in [5.74, 6) is 1.69. The molecule has 1 saturated carbocycles. The number of para-hydroxylation sites is 1. The number of benzene rings is 1. The summed E-state index contributed by atoms with van der Waals surface area (Å²) in [5, 5.41) is 7.04. The zero-order valence-electron chi connectivity index (χ0n) is 17.1. The van der Waals surface area contributed by atoms with Crippen molar-refractivity contribution < 1.29 is 9.53 Å². The zero-order chi connectivity index (χ0) is 19.9. The van der Waals surface area contributed by atoms with Crippen molar-refractivity contribution in [1.29, 1.82) is 0 Å². The van der Waals surface area contributed by atoms with Crippen LogP contribution in [0.5, 0.6) is 5.75 Å². The topological polar surface area (TPSA) is 69.2 Å². The van der Waals surface area contributed by atoms with Gasteiger partial charge in [-0.1, -0.05) is 23.7 Å². The molecule has 29 heavy (non-hydrogen) atoms. The van der Waals surface area contributed by atoms with Crippen LogP contribution < -0.4 is 15.4 Å². The molecule has 1 aromatic rings. The Labute approximate surface area is 195 Å². The third-order valence-electron chi connectivity index (χ3n) is 4.91. The SMILES string of the molecule is CN=C(NCC(C)Oc1ccccc1Cl)N1CCN(CC(=O)NC2CC2)CC1.I. The summed E-state index contributed by atoms with van der Waals surface area (Å²) in [6, 6.07) is 7.90. The molecule has 3 rings (SSSR count). The summed E-state index contributed by atoms with van der Waals surface area (Å²) < 4.78 is 5.90. The first-order valence-electron chi connectivity index (χ1n) is 9.93. The first kappa shape index (κ1) is 24.0. The van der Waals surface area contributed by atoms with Crippen molar-refractivity contribution in [2.24, 2.45) is 4.99 Å². The van der Waals surface area contributed by atoms with E-state index in [1.165, 1.54) is 0 Å². The lowest BCUT2D eigenvalue weighted by molar-refractivity contribution is -0.122. The van der Waals surface area contributed by atoms with Crippen LogP contribution in [0.1, 0.15) is 19.8 Å². The Balaban J connectivity index is 0.00000300. The predicted molar refractivity (Wildman–Crippen MR) is 127 cm³/mol. The van der Waals surface area contributed by atoms with Crippen LogP contribution in [0, 0.1) is 0 Å². The van der Waals surface area contributed by atoms with Gasteiger partial charge in [0.15, 0.2) is 5.96 Å². The van der Waals surface area contributed by atoms with Crippen molar-refractivity contribution in [3.8, 4) is 5.75 Å². The van der Waals surface area contributed by atoms with Crippen LogP contribution in [-0.2, 0) is 4.79 Å². The molecule has 9 heteroatoms. The fourth-order valence-corrected chi connectivity index (χ4v) is 3.37. The standard InChI is InChI=1S/C20H30ClN5O2.HI/c1-15(28-18-6-4-3-5-17(18)21)13-23-20(22-2)26-11-9-25(10-12-26)14-19(27)24-16-7-8-16;/h3-6,15-16H,7-14H2,1-2H3,(H,22,23)(H,24,27);1H. The van der Waals surface area contributed by atoms with Gasteiger partial charge in [-0.3, -0.25) is 14.7 Å². The van der Waals surface area contributed by atoms with Crippen LogP contribution in [0.3, 0.4) is 0 Å². The van der Waals surface area contributed by atoms with Gasteiger partial charge < -0.3 is 20.3 Å². The number of rotatable bonds is 7. The van der Waals surface area contributed by atoms with E-state index in [0.717, 1.165) is 45.0 Å². The van der Waals surface area contributed by atoms with Crippen molar-refractivity contribution in [2.45, 2.75) is 31.9 Å². The van der Waals surface area contributed by atoms with Crippen molar-refractivity contribution in [3.63, 3.8) is 0 Å². The van der Waals surface area contributed by atoms with Gasteiger partial charge >= 0.3 is 0 Å². The minimum absolute atomic E-state index is 0. The van der Waals surface area contributed by atoms with Crippen LogP contribution in [0.2, 0.25) is 5.02 Å². The summed E-state index contributed by atoms with van der Waals surface area (Å²) in [4.78, 5) is 20.8. The first-order chi connectivity index (χ1) is 13.5. The highest BCUT2D eigenvalue weighted by Crippen LogP contribution is 2.24. The number of guanidine groups is 1. The van der Waals surface area contributed by atoms with Gasteiger partial charge in [0.05, 0.1) is 18.1 Å². The monoisotopic (exact) mass is 535 g/mol. The Kier molecular flexibility index (Phi) is 9.78. The van der Waals surface area contributed by atoms with Gasteiger partial charge in [0.1, 0.15) is 11.9 Å². The minimum atomic E-state index is -0.0518. The molecule has 2 N–H and O–H groups in total. The lowest BCUT2D eigenvalue weighted by Gasteiger charge is -2.36. The predicted octanol–water partition coefficient (Wildman–Crippen LogP) is 2.20. The molecular formula is C20H31ClIN5O2. The number of amides is 1. The Morgan fingerprint density at radius 2 is 1.97 bits per heavy atom. The van der Waals surface area contributed by atoms with Gasteiger partial charge in [-0.05, 0) is 31.9 Å². The fourth-order valence-electron chi connectivity index (χ4n) is 3.19. The van der Waals surface area contributed by atoms with Crippen LogP contribution in [0.4, 0.5) is 0 Å². The van der Waals surface area contributed by atoms with E-state index >= 15 is 0 Å². The van der Waals surface area contributed by atoms with E-state index in [1.54, 1.807) is 7.05 Å². The number of nitrogens with zero attached hydrogens (tertiary/aromatic N) is 3. The second-order valence-corrected chi connectivity index (χ2v) is 7.80. The highest BCUT2D eigenvalue weighted by Gasteiger charge is 2.26. The van der Waals surface area contributed by atoms with Gasteiger partial charge in [0.2, 0.25) is 5.91 Å². The smallest absolute Gasteiger partial charge is 0.234 e. The molecule has 1 atom stereocenters. The second-order valence-electron chi connectivity index (χ2n) is 7.39. The number of nitrogens with one attached hydrogen (secondary N) is 2. The van der Waals surface area contributed by atoms with Crippen LogP contribution in [-0.4, -0.2) is 80.1 Å². The van der Waals surface area contributed by atoms with Crippen LogP contribution in [0.25, 0.3) is 0 Å². The Morgan fingerprint density at radius 3 is 2.59 bits per heavy atom. The first-order valence-corrected chi connectivity index (χ1v) is 10.3. The molecule has 1 aliphatic heterocycles. The molecule has 162 valence electrons. The number of hydrogen-bond donors (Lipinski definition) is 2. The van der Waals surface area contributed by atoms with Crippen molar-refractivity contribution in [3.05, 3.63) is 29.3 Å². The van der Waals surface area contributed by atoms with Gasteiger partial charge in [0, 0.05) is 39.3 Å².